The van der Waals surface area contributed by atoms with Crippen LogP contribution in [-0.2, 0) is 0 Å². The van der Waals surface area contributed by atoms with Crippen molar-refractivity contribution in [3.63, 3.8) is 0 Å². The van der Waals surface area contributed by atoms with Crippen LogP contribution in [0.1, 0.15) is 64.2 Å². The Balaban J connectivity index is 1.58. The van der Waals surface area contributed by atoms with Crippen LogP contribution in [0.3, 0.4) is 0 Å². The molecule has 2 heterocycles. The van der Waals surface area contributed by atoms with E-state index < -0.39 is 0 Å². The molecule has 120 valence electrons. The van der Waals surface area contributed by atoms with E-state index in [2.05, 4.69) is 15.1 Å². The SMILES string of the molecule is O=C(NC1CCCC1)N1CCCCCC1CN1CCCC1. The van der Waals surface area contributed by atoms with Gasteiger partial charge in [0.1, 0.15) is 0 Å². The Morgan fingerprint density at radius 2 is 1.52 bits per heavy atom. The Bertz CT molecular complexity index is 335. The molecule has 4 heteroatoms. The molecule has 0 spiro atoms. The third-order valence-corrected chi connectivity index (χ3v) is 5.49. The first-order valence-electron chi connectivity index (χ1n) is 9.12. The molecule has 0 aromatic heterocycles. The van der Waals surface area contributed by atoms with Crippen LogP contribution < -0.4 is 5.32 Å². The fraction of sp³-hybridized carbons (Fsp3) is 0.941. The van der Waals surface area contributed by atoms with Crippen molar-refractivity contribution in [2.75, 3.05) is 26.2 Å². The van der Waals surface area contributed by atoms with Gasteiger partial charge in [0.25, 0.3) is 0 Å². The lowest BCUT2D eigenvalue weighted by Crippen LogP contribution is -2.51. The summed E-state index contributed by atoms with van der Waals surface area (Å²) in [5.41, 5.74) is 0. The van der Waals surface area contributed by atoms with Crippen molar-refractivity contribution in [2.45, 2.75) is 76.3 Å². The van der Waals surface area contributed by atoms with Gasteiger partial charge < -0.3 is 15.1 Å². The summed E-state index contributed by atoms with van der Waals surface area (Å²) < 4.78 is 0. The minimum absolute atomic E-state index is 0.216. The molecule has 3 rings (SSSR count). The van der Waals surface area contributed by atoms with E-state index in [0.717, 1.165) is 13.1 Å². The van der Waals surface area contributed by atoms with Crippen molar-refractivity contribution in [3.8, 4) is 0 Å². The molecular formula is C17H31N3O. The number of carbonyl (C=O) groups excluding carboxylic acids is 1. The summed E-state index contributed by atoms with van der Waals surface area (Å²) in [6, 6.07) is 1.09. The highest BCUT2D eigenvalue weighted by molar-refractivity contribution is 5.75. The van der Waals surface area contributed by atoms with Crippen LogP contribution in [0.2, 0.25) is 0 Å². The third-order valence-electron chi connectivity index (χ3n) is 5.49. The number of carbonyl (C=O) groups is 1. The van der Waals surface area contributed by atoms with Crippen LogP contribution in [0.25, 0.3) is 0 Å². The Kier molecular flexibility index (Phi) is 5.39. The van der Waals surface area contributed by atoms with E-state index in [0.29, 0.717) is 12.1 Å². The van der Waals surface area contributed by atoms with Crippen LogP contribution >= 0.6 is 0 Å². The van der Waals surface area contributed by atoms with E-state index >= 15 is 0 Å². The second-order valence-corrected chi connectivity index (χ2v) is 7.14. The van der Waals surface area contributed by atoms with Gasteiger partial charge in [-0.15, -0.1) is 0 Å². The molecule has 0 bridgehead atoms. The number of nitrogens with one attached hydrogen (secondary N) is 1. The van der Waals surface area contributed by atoms with Gasteiger partial charge in [-0.2, -0.15) is 0 Å². The molecular weight excluding hydrogens is 262 g/mol. The fourth-order valence-corrected chi connectivity index (χ4v) is 4.23. The molecule has 1 atom stereocenters. The van der Waals surface area contributed by atoms with E-state index in [9.17, 15) is 4.79 Å². The Labute approximate surface area is 129 Å². The number of likely N-dealkylation sites (tertiary alicyclic amines) is 2. The quantitative estimate of drug-likeness (QED) is 0.868. The first kappa shape index (κ1) is 15.1. The maximum Gasteiger partial charge on any atom is 0.317 e. The molecule has 3 fully saturated rings. The second-order valence-electron chi connectivity index (χ2n) is 7.14. The number of rotatable bonds is 3. The molecule has 1 N–H and O–H groups in total. The van der Waals surface area contributed by atoms with Crippen molar-refractivity contribution in [3.05, 3.63) is 0 Å². The molecule has 2 saturated heterocycles. The lowest BCUT2D eigenvalue weighted by molar-refractivity contribution is 0.150. The average Bonchev–Trinajstić information content (AvgIpc) is 3.11. The predicted octanol–water partition coefficient (Wildman–Crippen LogP) is 2.98. The lowest BCUT2D eigenvalue weighted by atomic mass is 10.1. The van der Waals surface area contributed by atoms with Crippen molar-refractivity contribution < 1.29 is 4.79 Å². The van der Waals surface area contributed by atoms with Crippen molar-refractivity contribution in [2.24, 2.45) is 0 Å². The number of hydrogen-bond acceptors (Lipinski definition) is 2. The van der Waals surface area contributed by atoms with Crippen molar-refractivity contribution >= 4 is 6.03 Å². The molecule has 1 unspecified atom stereocenters. The maximum absolute atomic E-state index is 12.7. The predicted molar refractivity (Wildman–Crippen MR) is 85.4 cm³/mol. The van der Waals surface area contributed by atoms with E-state index in [4.69, 9.17) is 0 Å². The van der Waals surface area contributed by atoms with Gasteiger partial charge in [0, 0.05) is 25.2 Å². The monoisotopic (exact) mass is 293 g/mol. The highest BCUT2D eigenvalue weighted by Gasteiger charge is 2.29. The Hall–Kier alpha value is -0.770. The van der Waals surface area contributed by atoms with Crippen LogP contribution in [0.5, 0.6) is 0 Å². The molecule has 0 radical (unpaired) electrons. The Morgan fingerprint density at radius 1 is 0.857 bits per heavy atom. The zero-order valence-corrected chi connectivity index (χ0v) is 13.4. The van der Waals surface area contributed by atoms with E-state index in [-0.39, 0.29) is 6.03 Å². The number of hydrogen-bond donors (Lipinski definition) is 1. The second kappa shape index (κ2) is 7.48. The maximum atomic E-state index is 12.7. The minimum Gasteiger partial charge on any atom is -0.335 e. The normalized spacial score (nSPS) is 28.8. The molecule has 0 aromatic carbocycles. The molecule has 1 saturated carbocycles. The zero-order valence-electron chi connectivity index (χ0n) is 13.4. The summed E-state index contributed by atoms with van der Waals surface area (Å²) in [5, 5.41) is 3.30. The molecule has 4 nitrogen and oxygen atoms in total. The molecule has 2 amide bonds. The van der Waals surface area contributed by atoms with Gasteiger partial charge in [-0.1, -0.05) is 25.7 Å². The summed E-state index contributed by atoms with van der Waals surface area (Å²) in [5.74, 6) is 0. The van der Waals surface area contributed by atoms with Gasteiger partial charge in [0.2, 0.25) is 0 Å². The van der Waals surface area contributed by atoms with Crippen molar-refractivity contribution in [1.82, 2.24) is 15.1 Å². The summed E-state index contributed by atoms with van der Waals surface area (Å²) in [7, 11) is 0. The average molecular weight is 293 g/mol. The third kappa shape index (κ3) is 4.12. The number of nitrogens with zero attached hydrogens (tertiary/aromatic N) is 2. The summed E-state index contributed by atoms with van der Waals surface area (Å²) in [6.07, 6.45) is 12.5. The van der Waals surface area contributed by atoms with Crippen LogP contribution in [-0.4, -0.2) is 54.1 Å². The first-order chi connectivity index (χ1) is 10.3. The largest absolute Gasteiger partial charge is 0.335 e. The van der Waals surface area contributed by atoms with Crippen molar-refractivity contribution in [1.29, 1.82) is 0 Å². The van der Waals surface area contributed by atoms with Crippen LogP contribution in [0.4, 0.5) is 4.79 Å². The molecule has 1 aliphatic carbocycles. The topological polar surface area (TPSA) is 35.6 Å². The van der Waals surface area contributed by atoms with Gasteiger partial charge >= 0.3 is 6.03 Å². The number of amides is 2. The van der Waals surface area contributed by atoms with E-state index in [1.165, 1.54) is 77.3 Å². The standard InChI is InChI=1S/C17H31N3O/c21-17(18-15-8-3-4-9-15)20-13-5-1-2-10-16(20)14-19-11-6-7-12-19/h15-16H,1-14H2,(H,18,21). The van der Waals surface area contributed by atoms with Crippen LogP contribution in [0, 0.1) is 0 Å². The van der Waals surface area contributed by atoms with E-state index in [1.807, 2.05) is 0 Å². The molecule has 3 aliphatic rings. The van der Waals surface area contributed by atoms with Gasteiger partial charge in [-0.25, -0.2) is 4.79 Å². The van der Waals surface area contributed by atoms with Gasteiger partial charge in [-0.05, 0) is 51.6 Å². The van der Waals surface area contributed by atoms with Gasteiger partial charge in [-0.3, -0.25) is 0 Å². The molecule has 2 aliphatic heterocycles. The highest BCUT2D eigenvalue weighted by atomic mass is 16.2. The van der Waals surface area contributed by atoms with Crippen LogP contribution in [0.15, 0.2) is 0 Å². The number of urea groups is 1. The summed E-state index contributed by atoms with van der Waals surface area (Å²) in [4.78, 5) is 17.4. The van der Waals surface area contributed by atoms with E-state index in [1.54, 1.807) is 0 Å². The zero-order chi connectivity index (χ0) is 14.5. The fourth-order valence-electron chi connectivity index (χ4n) is 4.23. The first-order valence-corrected chi connectivity index (χ1v) is 9.12. The minimum atomic E-state index is 0.216. The lowest BCUT2D eigenvalue weighted by Gasteiger charge is -2.34. The smallest absolute Gasteiger partial charge is 0.317 e. The van der Waals surface area contributed by atoms with Gasteiger partial charge in [0.15, 0.2) is 0 Å². The molecule has 21 heavy (non-hydrogen) atoms. The molecule has 0 aromatic rings. The Morgan fingerprint density at radius 3 is 2.29 bits per heavy atom. The van der Waals surface area contributed by atoms with Gasteiger partial charge in [0.05, 0.1) is 0 Å². The summed E-state index contributed by atoms with van der Waals surface area (Å²) in [6.45, 7) is 4.51. The highest BCUT2D eigenvalue weighted by Crippen LogP contribution is 2.22. The summed E-state index contributed by atoms with van der Waals surface area (Å²) >= 11 is 0.